The molecule has 0 spiro atoms. The molecule has 2 aromatic rings. The van der Waals surface area contributed by atoms with Crippen molar-refractivity contribution in [3.05, 3.63) is 63.1 Å². The lowest BCUT2D eigenvalue weighted by molar-refractivity contribution is 0.0912. The van der Waals surface area contributed by atoms with E-state index in [4.69, 9.17) is 0 Å². The van der Waals surface area contributed by atoms with E-state index in [9.17, 15) is 22.8 Å². The summed E-state index contributed by atoms with van der Waals surface area (Å²) in [4.78, 5) is 30.5. The first-order valence-electron chi connectivity index (χ1n) is 8.16. The van der Waals surface area contributed by atoms with Crippen molar-refractivity contribution in [3.8, 4) is 0 Å². The van der Waals surface area contributed by atoms with Gasteiger partial charge in [0.25, 0.3) is 17.9 Å². The van der Waals surface area contributed by atoms with Gasteiger partial charge in [0.05, 0.1) is 11.6 Å². The van der Waals surface area contributed by atoms with Crippen molar-refractivity contribution in [2.75, 3.05) is 0 Å². The van der Waals surface area contributed by atoms with E-state index in [1.54, 1.807) is 6.92 Å². The minimum atomic E-state index is -2.91. The van der Waals surface area contributed by atoms with Crippen molar-refractivity contribution < 1.29 is 18.0 Å². The molecule has 0 unspecified atom stereocenters. The van der Waals surface area contributed by atoms with Gasteiger partial charge >= 0.3 is 0 Å². The van der Waals surface area contributed by atoms with E-state index < -0.39 is 35.3 Å². The number of amides is 1. The summed E-state index contributed by atoms with van der Waals surface area (Å²) in [7, 11) is 0. The van der Waals surface area contributed by atoms with E-state index in [1.807, 2.05) is 6.92 Å². The fraction of sp³-hybridized carbons (Fsp3) is 0.389. The average molecular weight is 365 g/mol. The van der Waals surface area contributed by atoms with Gasteiger partial charge in [-0.15, -0.1) is 0 Å². The van der Waals surface area contributed by atoms with Crippen molar-refractivity contribution in [2.45, 2.75) is 39.2 Å². The number of benzene rings is 1. The number of aryl methyl sites for hydroxylation is 1. The van der Waals surface area contributed by atoms with E-state index in [1.165, 1.54) is 6.07 Å². The van der Waals surface area contributed by atoms with Gasteiger partial charge in [0.2, 0.25) is 0 Å². The molecule has 3 rings (SSSR count). The van der Waals surface area contributed by atoms with Crippen molar-refractivity contribution in [2.24, 2.45) is 5.41 Å². The molecule has 0 saturated heterocycles. The highest BCUT2D eigenvalue weighted by atomic mass is 19.3. The van der Waals surface area contributed by atoms with E-state index in [2.05, 4.69) is 15.3 Å². The standard InChI is InChI=1S/C18H18F3N3O2/c1-9-22-13(8-14(25)23-9)17(26)24-15(18(2)5-6-18)10-3-4-11(16(20)21)12(19)7-10/h3-4,7-8,15-16H,5-6H2,1-2H3,(H,24,26)(H,22,23,25)/t15-/m0/s1. The van der Waals surface area contributed by atoms with Crippen LogP contribution in [0.2, 0.25) is 0 Å². The summed E-state index contributed by atoms with van der Waals surface area (Å²) in [6, 6.07) is 3.98. The number of nitrogens with zero attached hydrogens (tertiary/aromatic N) is 1. The number of nitrogens with one attached hydrogen (secondary N) is 2. The molecule has 1 aromatic heterocycles. The fourth-order valence-corrected chi connectivity index (χ4v) is 2.95. The Balaban J connectivity index is 1.91. The molecular formula is C18H18F3N3O2. The Bertz CT molecular complexity index is 907. The fourth-order valence-electron chi connectivity index (χ4n) is 2.95. The van der Waals surface area contributed by atoms with Crippen LogP contribution < -0.4 is 10.9 Å². The summed E-state index contributed by atoms with van der Waals surface area (Å²) in [5.74, 6) is -1.29. The first-order valence-corrected chi connectivity index (χ1v) is 8.16. The quantitative estimate of drug-likeness (QED) is 0.853. The van der Waals surface area contributed by atoms with Gasteiger partial charge in [-0.2, -0.15) is 0 Å². The zero-order valence-electron chi connectivity index (χ0n) is 14.3. The molecule has 1 heterocycles. The molecule has 0 bridgehead atoms. The maximum absolute atomic E-state index is 14.0. The number of alkyl halides is 2. The van der Waals surface area contributed by atoms with Gasteiger partial charge in [-0.3, -0.25) is 9.59 Å². The molecule has 8 heteroatoms. The predicted molar refractivity (Wildman–Crippen MR) is 88.5 cm³/mol. The van der Waals surface area contributed by atoms with Crippen LogP contribution in [0, 0.1) is 18.2 Å². The maximum Gasteiger partial charge on any atom is 0.270 e. The number of carbonyl (C=O) groups excluding carboxylic acids is 1. The summed E-state index contributed by atoms with van der Waals surface area (Å²) in [6.45, 7) is 3.48. The third-order valence-corrected chi connectivity index (χ3v) is 4.70. The molecule has 1 amide bonds. The predicted octanol–water partition coefficient (Wildman–Crippen LogP) is 3.43. The Morgan fingerprint density at radius 2 is 2.00 bits per heavy atom. The van der Waals surface area contributed by atoms with Crippen LogP contribution in [-0.4, -0.2) is 15.9 Å². The van der Waals surface area contributed by atoms with Gasteiger partial charge in [-0.05, 0) is 36.8 Å². The molecule has 1 aromatic carbocycles. The molecular weight excluding hydrogens is 347 g/mol. The van der Waals surface area contributed by atoms with Gasteiger partial charge in [0, 0.05) is 6.07 Å². The van der Waals surface area contributed by atoms with Crippen molar-refractivity contribution in [1.29, 1.82) is 0 Å². The molecule has 138 valence electrons. The second-order valence-electron chi connectivity index (χ2n) is 6.86. The van der Waals surface area contributed by atoms with Gasteiger partial charge in [0.1, 0.15) is 17.3 Å². The summed E-state index contributed by atoms with van der Waals surface area (Å²) < 4.78 is 39.5. The third kappa shape index (κ3) is 3.63. The average Bonchev–Trinajstić information content (AvgIpc) is 3.29. The number of aromatic nitrogens is 2. The molecule has 26 heavy (non-hydrogen) atoms. The van der Waals surface area contributed by atoms with E-state index in [0.29, 0.717) is 11.4 Å². The van der Waals surface area contributed by atoms with E-state index >= 15 is 0 Å². The van der Waals surface area contributed by atoms with Gasteiger partial charge in [-0.25, -0.2) is 18.2 Å². The number of hydrogen-bond acceptors (Lipinski definition) is 3. The molecule has 1 atom stereocenters. The van der Waals surface area contributed by atoms with Crippen LogP contribution >= 0.6 is 0 Å². The summed E-state index contributed by atoms with van der Waals surface area (Å²) in [5.41, 5.74) is -1.08. The molecule has 0 radical (unpaired) electrons. The molecule has 2 N–H and O–H groups in total. The van der Waals surface area contributed by atoms with Crippen LogP contribution in [0.15, 0.2) is 29.1 Å². The van der Waals surface area contributed by atoms with Crippen LogP contribution in [0.25, 0.3) is 0 Å². The number of aromatic amines is 1. The first kappa shape index (κ1) is 18.2. The van der Waals surface area contributed by atoms with Gasteiger partial charge in [0.15, 0.2) is 0 Å². The number of carbonyl (C=O) groups is 1. The Kier molecular flexibility index (Phi) is 4.60. The lowest BCUT2D eigenvalue weighted by Gasteiger charge is -2.25. The molecule has 5 nitrogen and oxygen atoms in total. The molecule has 1 aliphatic carbocycles. The minimum Gasteiger partial charge on any atom is -0.343 e. The number of rotatable bonds is 5. The number of hydrogen-bond donors (Lipinski definition) is 2. The van der Waals surface area contributed by atoms with Gasteiger partial charge < -0.3 is 10.3 Å². The van der Waals surface area contributed by atoms with Crippen molar-refractivity contribution in [1.82, 2.24) is 15.3 Å². The Morgan fingerprint density at radius 3 is 2.54 bits per heavy atom. The Labute approximate surface area is 147 Å². The van der Waals surface area contributed by atoms with Crippen LogP contribution in [0.3, 0.4) is 0 Å². The smallest absolute Gasteiger partial charge is 0.270 e. The van der Waals surface area contributed by atoms with Crippen molar-refractivity contribution >= 4 is 5.91 Å². The van der Waals surface area contributed by atoms with Crippen molar-refractivity contribution in [3.63, 3.8) is 0 Å². The molecule has 1 saturated carbocycles. The van der Waals surface area contributed by atoms with Crippen LogP contribution in [0.4, 0.5) is 13.2 Å². The molecule has 1 aliphatic rings. The largest absolute Gasteiger partial charge is 0.343 e. The lowest BCUT2D eigenvalue weighted by Crippen LogP contribution is -2.35. The highest BCUT2D eigenvalue weighted by Gasteiger charge is 2.46. The summed E-state index contributed by atoms with van der Waals surface area (Å²) in [5, 5.41) is 2.77. The Hall–Kier alpha value is -2.64. The second-order valence-corrected chi connectivity index (χ2v) is 6.86. The lowest BCUT2D eigenvalue weighted by atomic mass is 9.90. The normalized spacial score (nSPS) is 16.4. The zero-order chi connectivity index (χ0) is 19.1. The Morgan fingerprint density at radius 1 is 1.31 bits per heavy atom. The maximum atomic E-state index is 14.0. The topological polar surface area (TPSA) is 74.8 Å². The van der Waals surface area contributed by atoms with Gasteiger partial charge in [-0.1, -0.05) is 19.1 Å². The number of halogens is 3. The van der Waals surface area contributed by atoms with E-state index in [-0.39, 0.29) is 11.1 Å². The highest BCUT2D eigenvalue weighted by Crippen LogP contribution is 2.54. The summed E-state index contributed by atoms with van der Waals surface area (Å²) >= 11 is 0. The zero-order valence-corrected chi connectivity index (χ0v) is 14.3. The summed E-state index contributed by atoms with van der Waals surface area (Å²) in [6.07, 6.45) is -1.30. The van der Waals surface area contributed by atoms with Crippen LogP contribution in [0.1, 0.15) is 59.7 Å². The van der Waals surface area contributed by atoms with E-state index in [0.717, 1.165) is 31.0 Å². The van der Waals surface area contributed by atoms with Crippen LogP contribution in [0.5, 0.6) is 0 Å². The number of H-pyrrole nitrogens is 1. The van der Waals surface area contributed by atoms with Crippen LogP contribution in [-0.2, 0) is 0 Å². The monoisotopic (exact) mass is 365 g/mol. The second kappa shape index (κ2) is 6.59. The third-order valence-electron chi connectivity index (χ3n) is 4.70. The highest BCUT2D eigenvalue weighted by molar-refractivity contribution is 5.92. The molecule has 1 fully saturated rings. The first-order chi connectivity index (χ1) is 12.2. The SMILES string of the molecule is Cc1nc(C(=O)N[C@@H](c2ccc(C(F)F)c(F)c2)C2(C)CC2)cc(=O)[nH]1. The minimum absolute atomic E-state index is 0.0508. The molecule has 0 aliphatic heterocycles.